The van der Waals surface area contributed by atoms with Crippen molar-refractivity contribution in [1.82, 2.24) is 20.1 Å². The van der Waals surface area contributed by atoms with Gasteiger partial charge in [0.15, 0.2) is 0 Å². The molecule has 7 nitrogen and oxygen atoms in total. The van der Waals surface area contributed by atoms with E-state index in [-0.39, 0.29) is 5.57 Å². The maximum absolute atomic E-state index is 11.5. The summed E-state index contributed by atoms with van der Waals surface area (Å²) >= 11 is 0. The van der Waals surface area contributed by atoms with Gasteiger partial charge in [0.25, 0.3) is 0 Å². The lowest BCUT2D eigenvalue weighted by atomic mass is 10.1. The Bertz CT molecular complexity index is 1020. The van der Waals surface area contributed by atoms with Crippen molar-refractivity contribution in [2.75, 3.05) is 11.9 Å². The highest BCUT2D eigenvalue weighted by molar-refractivity contribution is 5.92. The minimum Gasteiger partial charge on any atom is -0.478 e. The first-order chi connectivity index (χ1) is 13.2. The standard InChI is InChI=1S/C20H17N5O2/c26-20(27)16-8-11-22-13-18(16)23-19-12-17(14-4-2-1-3-5-14)24-25(19)15-6-9-21-10-7-15/h1-12,22-23H,13H2,(H,26,27). The number of nitrogens with zero attached hydrogens (tertiary/aromatic N) is 3. The quantitative estimate of drug-likeness (QED) is 0.649. The molecular formula is C20H17N5O2. The van der Waals surface area contributed by atoms with Crippen LogP contribution in [0.1, 0.15) is 0 Å². The van der Waals surface area contributed by atoms with Crippen LogP contribution in [0.25, 0.3) is 16.9 Å². The number of benzene rings is 1. The Kier molecular flexibility index (Phi) is 4.40. The number of hydrogen-bond acceptors (Lipinski definition) is 5. The number of carboxylic acids is 1. The van der Waals surface area contributed by atoms with Crippen LogP contribution in [0.15, 0.2) is 84.5 Å². The Labute approximate surface area is 155 Å². The summed E-state index contributed by atoms with van der Waals surface area (Å²) in [6.45, 7) is 0.389. The number of dihydropyridines is 1. The molecule has 0 atom stereocenters. The minimum atomic E-state index is -0.978. The molecule has 3 N–H and O–H groups in total. The first kappa shape index (κ1) is 16.6. The molecule has 1 aliphatic heterocycles. The van der Waals surface area contributed by atoms with E-state index < -0.39 is 5.97 Å². The molecule has 0 saturated heterocycles. The zero-order valence-electron chi connectivity index (χ0n) is 14.3. The maximum Gasteiger partial charge on any atom is 0.337 e. The van der Waals surface area contributed by atoms with Crippen molar-refractivity contribution in [2.24, 2.45) is 0 Å². The van der Waals surface area contributed by atoms with E-state index in [0.29, 0.717) is 18.1 Å². The number of nitrogens with one attached hydrogen (secondary N) is 2. The summed E-state index contributed by atoms with van der Waals surface area (Å²) in [4.78, 5) is 15.6. The molecule has 7 heteroatoms. The molecule has 3 aromatic rings. The van der Waals surface area contributed by atoms with Gasteiger partial charge >= 0.3 is 5.97 Å². The SMILES string of the molecule is O=C(O)C1=C(Nc2cc(-c3ccccc3)nn2-c2ccncc2)CNC=C1. The average Bonchev–Trinajstić information content (AvgIpc) is 3.13. The van der Waals surface area contributed by atoms with Crippen LogP contribution in [0.4, 0.5) is 5.82 Å². The molecule has 0 aliphatic carbocycles. The highest BCUT2D eigenvalue weighted by Gasteiger charge is 2.18. The third kappa shape index (κ3) is 3.43. The number of carboxylic acid groups (broad SMARTS) is 1. The molecule has 0 bridgehead atoms. The zero-order valence-corrected chi connectivity index (χ0v) is 14.3. The minimum absolute atomic E-state index is 0.220. The lowest BCUT2D eigenvalue weighted by Crippen LogP contribution is -2.24. The van der Waals surface area contributed by atoms with Gasteiger partial charge in [-0.25, -0.2) is 9.48 Å². The second-order valence-corrected chi connectivity index (χ2v) is 5.93. The first-order valence-electron chi connectivity index (χ1n) is 8.41. The van der Waals surface area contributed by atoms with Crippen molar-refractivity contribution in [3.63, 3.8) is 0 Å². The summed E-state index contributed by atoms with van der Waals surface area (Å²) in [6.07, 6.45) is 6.55. The predicted octanol–water partition coefficient (Wildman–Crippen LogP) is 2.80. The van der Waals surface area contributed by atoms with Gasteiger partial charge in [0.2, 0.25) is 0 Å². The molecule has 0 amide bonds. The molecule has 4 rings (SSSR count). The van der Waals surface area contributed by atoms with E-state index in [4.69, 9.17) is 5.10 Å². The van der Waals surface area contributed by atoms with Crippen molar-refractivity contribution in [3.8, 4) is 16.9 Å². The number of hydrogen-bond donors (Lipinski definition) is 3. The van der Waals surface area contributed by atoms with E-state index in [0.717, 1.165) is 16.9 Å². The van der Waals surface area contributed by atoms with E-state index in [1.165, 1.54) is 0 Å². The van der Waals surface area contributed by atoms with Crippen molar-refractivity contribution >= 4 is 11.8 Å². The lowest BCUT2D eigenvalue weighted by Gasteiger charge is -2.17. The summed E-state index contributed by atoms with van der Waals surface area (Å²) in [5, 5.41) is 20.4. The molecule has 2 aromatic heterocycles. The Balaban J connectivity index is 1.80. The molecule has 134 valence electrons. The van der Waals surface area contributed by atoms with E-state index in [1.54, 1.807) is 29.4 Å². The number of anilines is 1. The van der Waals surface area contributed by atoms with Gasteiger partial charge in [-0.05, 0) is 24.4 Å². The first-order valence-corrected chi connectivity index (χ1v) is 8.41. The monoisotopic (exact) mass is 359 g/mol. The highest BCUT2D eigenvalue weighted by Crippen LogP contribution is 2.26. The van der Waals surface area contributed by atoms with Crippen LogP contribution in [0.2, 0.25) is 0 Å². The van der Waals surface area contributed by atoms with Gasteiger partial charge < -0.3 is 15.7 Å². The number of aliphatic carboxylic acids is 1. The molecule has 1 aromatic carbocycles. The van der Waals surface area contributed by atoms with Crippen LogP contribution in [0, 0.1) is 0 Å². The van der Waals surface area contributed by atoms with Crippen LogP contribution in [0.3, 0.4) is 0 Å². The lowest BCUT2D eigenvalue weighted by molar-refractivity contribution is -0.132. The van der Waals surface area contributed by atoms with Gasteiger partial charge in [0, 0.05) is 24.0 Å². The summed E-state index contributed by atoms with van der Waals surface area (Å²) < 4.78 is 1.74. The molecule has 0 fully saturated rings. The Hall–Kier alpha value is -3.87. The summed E-state index contributed by atoms with van der Waals surface area (Å²) in [5.41, 5.74) is 3.37. The van der Waals surface area contributed by atoms with E-state index in [9.17, 15) is 9.90 Å². The second kappa shape index (κ2) is 7.17. The van der Waals surface area contributed by atoms with Gasteiger partial charge in [-0.3, -0.25) is 4.98 Å². The molecule has 0 unspecified atom stereocenters. The Morgan fingerprint density at radius 1 is 1.15 bits per heavy atom. The van der Waals surface area contributed by atoms with Gasteiger partial charge in [0.05, 0.1) is 29.2 Å². The zero-order chi connectivity index (χ0) is 18.6. The molecule has 27 heavy (non-hydrogen) atoms. The molecule has 0 saturated carbocycles. The highest BCUT2D eigenvalue weighted by atomic mass is 16.4. The third-order valence-corrected chi connectivity index (χ3v) is 4.17. The van der Waals surface area contributed by atoms with Gasteiger partial charge in [-0.2, -0.15) is 5.10 Å². The number of rotatable bonds is 5. The maximum atomic E-state index is 11.5. The van der Waals surface area contributed by atoms with Crippen LogP contribution in [0.5, 0.6) is 0 Å². The average molecular weight is 359 g/mol. The van der Waals surface area contributed by atoms with Gasteiger partial charge in [-0.15, -0.1) is 0 Å². The molecule has 1 aliphatic rings. The van der Waals surface area contributed by atoms with Gasteiger partial charge in [-0.1, -0.05) is 30.3 Å². The number of pyridine rings is 1. The molecule has 0 radical (unpaired) electrons. The second-order valence-electron chi connectivity index (χ2n) is 5.93. The molecule has 0 spiro atoms. The summed E-state index contributed by atoms with van der Waals surface area (Å²) in [6, 6.07) is 15.4. The third-order valence-electron chi connectivity index (χ3n) is 4.17. The van der Waals surface area contributed by atoms with Crippen molar-refractivity contribution in [2.45, 2.75) is 0 Å². The fraction of sp³-hybridized carbons (Fsp3) is 0.0500. The van der Waals surface area contributed by atoms with Crippen LogP contribution < -0.4 is 10.6 Å². The van der Waals surface area contributed by atoms with Crippen molar-refractivity contribution < 1.29 is 9.90 Å². The van der Waals surface area contributed by atoms with Crippen LogP contribution in [-0.2, 0) is 4.79 Å². The Morgan fingerprint density at radius 3 is 2.67 bits per heavy atom. The Morgan fingerprint density at radius 2 is 1.93 bits per heavy atom. The largest absolute Gasteiger partial charge is 0.478 e. The van der Waals surface area contributed by atoms with E-state index in [2.05, 4.69) is 15.6 Å². The van der Waals surface area contributed by atoms with Crippen LogP contribution in [-0.4, -0.2) is 32.4 Å². The fourth-order valence-corrected chi connectivity index (χ4v) is 2.87. The molecule has 3 heterocycles. The van der Waals surface area contributed by atoms with Crippen molar-refractivity contribution in [1.29, 1.82) is 0 Å². The number of aromatic nitrogens is 3. The van der Waals surface area contributed by atoms with Crippen LogP contribution >= 0.6 is 0 Å². The predicted molar refractivity (Wildman–Crippen MR) is 102 cm³/mol. The van der Waals surface area contributed by atoms with Gasteiger partial charge in [0.1, 0.15) is 5.82 Å². The number of carbonyl (C=O) groups is 1. The molecular weight excluding hydrogens is 342 g/mol. The van der Waals surface area contributed by atoms with E-state index >= 15 is 0 Å². The van der Waals surface area contributed by atoms with E-state index in [1.807, 2.05) is 48.5 Å². The summed E-state index contributed by atoms with van der Waals surface area (Å²) in [5.74, 6) is -0.306. The van der Waals surface area contributed by atoms with Crippen molar-refractivity contribution in [3.05, 3.63) is 84.5 Å². The fourth-order valence-electron chi connectivity index (χ4n) is 2.87. The smallest absolute Gasteiger partial charge is 0.337 e. The normalized spacial score (nSPS) is 13.3. The topological polar surface area (TPSA) is 92.1 Å². The summed E-state index contributed by atoms with van der Waals surface area (Å²) in [7, 11) is 0.